The zero-order valence-electron chi connectivity index (χ0n) is 21.2. The fourth-order valence-electron chi connectivity index (χ4n) is 10.5. The summed E-state index contributed by atoms with van der Waals surface area (Å²) in [6.45, 7) is 13.6. The van der Waals surface area contributed by atoms with Crippen molar-refractivity contribution in [3.05, 3.63) is 0 Å². The van der Waals surface area contributed by atoms with E-state index in [0.717, 1.165) is 37.5 Å². The Morgan fingerprint density at radius 2 is 1.56 bits per heavy atom. The first-order valence-electron chi connectivity index (χ1n) is 13.6. The summed E-state index contributed by atoms with van der Waals surface area (Å²) in [5.41, 5.74) is -0.708. The number of rotatable bonds is 0. The van der Waals surface area contributed by atoms with Crippen molar-refractivity contribution in [1.29, 1.82) is 0 Å². The predicted molar refractivity (Wildman–Crippen MR) is 124 cm³/mol. The Kier molecular flexibility index (Phi) is 4.55. The molecule has 6 rings (SSSR count). The molecule has 6 fully saturated rings. The van der Waals surface area contributed by atoms with Crippen molar-refractivity contribution in [3.8, 4) is 0 Å². The van der Waals surface area contributed by atoms with Gasteiger partial charge in [-0.2, -0.15) is 0 Å². The van der Waals surface area contributed by atoms with Crippen LogP contribution in [0.15, 0.2) is 0 Å². The molecule has 12 atom stereocenters. The van der Waals surface area contributed by atoms with Crippen molar-refractivity contribution in [3.63, 3.8) is 0 Å². The molecule has 4 saturated carbocycles. The SMILES string of the molecule is C[C@H]1C[C@@]2(O[C@H]3C[C@H]4[C@@H]5CCC6C[C@H](O)CC[C@]6(C)[C@H]5CC[C@]4(C)[C@H]3[C@@]2(C)O)OC1(C)C. The number of fused-ring (bicyclic) bond motifs is 7. The Morgan fingerprint density at radius 1 is 0.844 bits per heavy atom. The lowest BCUT2D eigenvalue weighted by Crippen LogP contribution is -2.59. The first kappa shape index (κ1) is 22.3. The largest absolute Gasteiger partial charge is 0.393 e. The van der Waals surface area contributed by atoms with Gasteiger partial charge < -0.3 is 19.7 Å². The van der Waals surface area contributed by atoms with Gasteiger partial charge >= 0.3 is 0 Å². The van der Waals surface area contributed by atoms with Gasteiger partial charge in [-0.15, -0.1) is 0 Å². The zero-order valence-corrected chi connectivity index (χ0v) is 21.2. The van der Waals surface area contributed by atoms with Crippen LogP contribution < -0.4 is 0 Å². The van der Waals surface area contributed by atoms with Crippen LogP contribution in [0.3, 0.4) is 0 Å². The summed E-state index contributed by atoms with van der Waals surface area (Å²) in [5.74, 6) is 2.51. The maximum Gasteiger partial charge on any atom is 0.198 e. The van der Waals surface area contributed by atoms with Gasteiger partial charge in [0.1, 0.15) is 5.60 Å². The van der Waals surface area contributed by atoms with Crippen LogP contribution in [0, 0.1) is 46.3 Å². The molecule has 2 heterocycles. The first-order valence-corrected chi connectivity index (χ1v) is 13.6. The van der Waals surface area contributed by atoms with E-state index in [1.807, 2.05) is 6.92 Å². The third-order valence-corrected chi connectivity index (χ3v) is 12.6. The molecule has 0 aromatic rings. The summed E-state index contributed by atoms with van der Waals surface area (Å²) in [7, 11) is 0. The van der Waals surface area contributed by atoms with Crippen molar-refractivity contribution >= 4 is 0 Å². The number of hydrogen-bond donors (Lipinski definition) is 2. The van der Waals surface area contributed by atoms with Gasteiger partial charge in [0.05, 0.1) is 17.8 Å². The minimum absolute atomic E-state index is 0.0814. The number of hydrogen-bond acceptors (Lipinski definition) is 4. The zero-order chi connectivity index (χ0) is 22.9. The third-order valence-electron chi connectivity index (χ3n) is 12.6. The summed E-state index contributed by atoms with van der Waals surface area (Å²) in [4.78, 5) is 0. The van der Waals surface area contributed by atoms with Gasteiger partial charge in [-0.25, -0.2) is 0 Å². The first-order chi connectivity index (χ1) is 14.8. The molecule has 0 bridgehead atoms. The molecule has 2 N–H and O–H groups in total. The Hall–Kier alpha value is -0.160. The van der Waals surface area contributed by atoms with Crippen molar-refractivity contribution < 1.29 is 19.7 Å². The van der Waals surface area contributed by atoms with E-state index in [-0.39, 0.29) is 29.1 Å². The highest BCUT2D eigenvalue weighted by Crippen LogP contribution is 2.72. The van der Waals surface area contributed by atoms with Crippen molar-refractivity contribution in [1.82, 2.24) is 0 Å². The Morgan fingerprint density at radius 3 is 2.25 bits per heavy atom. The molecule has 4 aliphatic carbocycles. The van der Waals surface area contributed by atoms with E-state index in [1.165, 1.54) is 32.1 Å². The van der Waals surface area contributed by atoms with Crippen molar-refractivity contribution in [2.75, 3.05) is 0 Å². The quantitative estimate of drug-likeness (QED) is 0.530. The number of aliphatic hydroxyl groups excluding tert-OH is 1. The fourth-order valence-corrected chi connectivity index (χ4v) is 10.5. The van der Waals surface area contributed by atoms with Gasteiger partial charge in [-0.1, -0.05) is 20.8 Å². The van der Waals surface area contributed by atoms with Crippen LogP contribution in [-0.4, -0.2) is 39.4 Å². The molecule has 6 aliphatic rings. The predicted octanol–water partition coefficient (Wildman–Crippen LogP) is 5.30. The van der Waals surface area contributed by atoms with E-state index in [1.54, 1.807) is 0 Å². The molecular formula is C28H46O4. The topological polar surface area (TPSA) is 58.9 Å². The van der Waals surface area contributed by atoms with Gasteiger partial charge in [-0.05, 0) is 113 Å². The van der Waals surface area contributed by atoms with Gasteiger partial charge in [0.2, 0.25) is 0 Å². The molecular weight excluding hydrogens is 400 g/mol. The van der Waals surface area contributed by atoms with Crippen LogP contribution in [-0.2, 0) is 9.47 Å². The van der Waals surface area contributed by atoms with Gasteiger partial charge in [-0.3, -0.25) is 0 Å². The molecule has 2 aliphatic heterocycles. The van der Waals surface area contributed by atoms with Gasteiger partial charge in [0.15, 0.2) is 5.79 Å². The monoisotopic (exact) mass is 446 g/mol. The number of aliphatic hydroxyl groups is 2. The second-order valence-electron chi connectivity index (χ2n) is 14.2. The van der Waals surface area contributed by atoms with E-state index in [0.29, 0.717) is 23.2 Å². The summed E-state index contributed by atoms with van der Waals surface area (Å²) < 4.78 is 13.4. The molecule has 2 saturated heterocycles. The molecule has 4 nitrogen and oxygen atoms in total. The van der Waals surface area contributed by atoms with E-state index < -0.39 is 11.4 Å². The molecule has 4 heteroatoms. The minimum Gasteiger partial charge on any atom is -0.393 e. The highest BCUT2D eigenvalue weighted by molar-refractivity contribution is 5.21. The smallest absolute Gasteiger partial charge is 0.198 e. The van der Waals surface area contributed by atoms with E-state index in [2.05, 4.69) is 34.6 Å². The summed E-state index contributed by atoms with van der Waals surface area (Å²) in [6.07, 6.45) is 10.1. The van der Waals surface area contributed by atoms with Crippen molar-refractivity contribution in [2.24, 2.45) is 46.3 Å². The highest BCUT2D eigenvalue weighted by Gasteiger charge is 2.76. The van der Waals surface area contributed by atoms with Crippen molar-refractivity contribution in [2.45, 2.75) is 129 Å². The van der Waals surface area contributed by atoms with Crippen LogP contribution in [0.5, 0.6) is 0 Å². The maximum atomic E-state index is 12.2. The maximum absolute atomic E-state index is 12.2. The standard InChI is InChI=1S/C28H46O4/c1-16-15-28(32-24(16,2)3)27(6,30)23-22(31-28)14-21-19-8-7-17-13-18(29)9-11-25(17,4)20(19)10-12-26(21,23)5/h16-23,29-30H,7-15H2,1-6H3/t16-,17?,18+,19+,20-,21-,22-,23-,25-,26-,27+,28+/m0/s1. The lowest BCUT2D eigenvalue weighted by Gasteiger charge is -2.61. The summed E-state index contributed by atoms with van der Waals surface area (Å²) in [6, 6.07) is 0. The Labute approximate surface area is 194 Å². The molecule has 0 aromatic carbocycles. The van der Waals surface area contributed by atoms with Crippen LogP contribution in [0.2, 0.25) is 0 Å². The fraction of sp³-hybridized carbons (Fsp3) is 1.00. The average Bonchev–Trinajstić information content (AvgIpc) is 3.20. The molecule has 0 aromatic heterocycles. The molecule has 1 unspecified atom stereocenters. The Balaban J connectivity index is 1.30. The molecule has 0 amide bonds. The normalized spacial score (nSPS) is 63.0. The van der Waals surface area contributed by atoms with Gasteiger partial charge in [0, 0.05) is 12.3 Å². The average molecular weight is 447 g/mol. The number of ether oxygens (including phenoxy) is 2. The van der Waals surface area contributed by atoms with E-state index >= 15 is 0 Å². The molecule has 32 heavy (non-hydrogen) atoms. The lowest BCUT2D eigenvalue weighted by molar-refractivity contribution is -0.299. The lowest BCUT2D eigenvalue weighted by atomic mass is 9.44. The molecule has 1 spiro atoms. The van der Waals surface area contributed by atoms with Crippen LogP contribution >= 0.6 is 0 Å². The summed E-state index contributed by atoms with van der Waals surface area (Å²) >= 11 is 0. The van der Waals surface area contributed by atoms with Crippen LogP contribution in [0.1, 0.15) is 99.3 Å². The highest BCUT2D eigenvalue weighted by atomic mass is 16.7. The van der Waals surface area contributed by atoms with Crippen LogP contribution in [0.25, 0.3) is 0 Å². The Bertz CT molecular complexity index is 792. The third kappa shape index (κ3) is 2.59. The van der Waals surface area contributed by atoms with E-state index in [9.17, 15) is 10.2 Å². The second-order valence-corrected chi connectivity index (χ2v) is 14.2. The molecule has 182 valence electrons. The summed E-state index contributed by atoms with van der Waals surface area (Å²) in [5, 5.41) is 22.5. The molecule has 0 radical (unpaired) electrons. The minimum atomic E-state index is -0.952. The second kappa shape index (κ2) is 6.53. The van der Waals surface area contributed by atoms with E-state index in [4.69, 9.17) is 9.47 Å². The van der Waals surface area contributed by atoms with Crippen LogP contribution in [0.4, 0.5) is 0 Å². The van der Waals surface area contributed by atoms with Gasteiger partial charge in [0.25, 0.3) is 0 Å².